The SMILES string of the molecule is CC(=Cc1cccc2cc(O)ccc12)C(N)=O. The lowest BCUT2D eigenvalue weighted by Gasteiger charge is -2.04. The molecule has 2 aromatic carbocycles. The zero-order valence-electron chi connectivity index (χ0n) is 9.47. The smallest absolute Gasteiger partial charge is 0.244 e. The predicted octanol–water partition coefficient (Wildman–Crippen LogP) is 2.43. The average Bonchev–Trinajstić information content (AvgIpc) is 2.28. The zero-order valence-corrected chi connectivity index (χ0v) is 9.47. The van der Waals surface area contributed by atoms with E-state index in [0.717, 1.165) is 16.3 Å². The molecule has 2 aromatic rings. The Morgan fingerprint density at radius 3 is 2.76 bits per heavy atom. The third-order valence-corrected chi connectivity index (χ3v) is 2.66. The minimum Gasteiger partial charge on any atom is -0.508 e. The number of nitrogens with two attached hydrogens (primary N) is 1. The number of aromatic hydroxyl groups is 1. The molecule has 0 unspecified atom stereocenters. The maximum absolute atomic E-state index is 11.0. The molecular formula is C14H13NO2. The molecule has 17 heavy (non-hydrogen) atoms. The predicted molar refractivity (Wildman–Crippen MR) is 68.5 cm³/mol. The van der Waals surface area contributed by atoms with Gasteiger partial charge in [0.25, 0.3) is 0 Å². The van der Waals surface area contributed by atoms with Gasteiger partial charge in [0.05, 0.1) is 0 Å². The fourth-order valence-electron chi connectivity index (χ4n) is 1.73. The van der Waals surface area contributed by atoms with E-state index >= 15 is 0 Å². The first-order valence-electron chi connectivity index (χ1n) is 5.28. The Kier molecular flexibility index (Phi) is 2.83. The van der Waals surface area contributed by atoms with Crippen molar-refractivity contribution in [1.29, 1.82) is 0 Å². The van der Waals surface area contributed by atoms with E-state index in [1.807, 2.05) is 24.3 Å². The summed E-state index contributed by atoms with van der Waals surface area (Å²) in [5.41, 5.74) is 6.63. The molecule has 0 aliphatic rings. The Morgan fingerprint density at radius 2 is 2.06 bits per heavy atom. The number of rotatable bonds is 2. The molecule has 0 atom stereocenters. The molecule has 0 fully saturated rings. The lowest BCUT2D eigenvalue weighted by molar-refractivity contribution is -0.114. The molecule has 0 aromatic heterocycles. The molecule has 0 spiro atoms. The van der Waals surface area contributed by atoms with Crippen LogP contribution in [0.5, 0.6) is 5.75 Å². The van der Waals surface area contributed by atoms with Gasteiger partial charge >= 0.3 is 0 Å². The highest BCUT2D eigenvalue weighted by molar-refractivity contribution is 5.99. The highest BCUT2D eigenvalue weighted by Gasteiger charge is 2.02. The minimum atomic E-state index is -0.430. The third-order valence-electron chi connectivity index (χ3n) is 2.66. The standard InChI is InChI=1S/C14H13NO2/c1-9(14(15)17)7-10-3-2-4-11-8-12(16)5-6-13(10)11/h2-8,16H,1H3,(H2,15,17). The molecule has 0 radical (unpaired) electrons. The largest absolute Gasteiger partial charge is 0.508 e. The number of phenolic OH excluding ortho intramolecular Hbond substituents is 1. The van der Waals surface area contributed by atoms with Gasteiger partial charge in [-0.2, -0.15) is 0 Å². The second-order valence-corrected chi connectivity index (χ2v) is 3.94. The summed E-state index contributed by atoms with van der Waals surface area (Å²) in [5, 5.41) is 11.3. The number of fused-ring (bicyclic) bond motifs is 1. The van der Waals surface area contributed by atoms with Crippen LogP contribution in [0.2, 0.25) is 0 Å². The lowest BCUT2D eigenvalue weighted by Crippen LogP contribution is -2.11. The molecule has 1 amide bonds. The van der Waals surface area contributed by atoms with Gasteiger partial charge < -0.3 is 10.8 Å². The summed E-state index contributed by atoms with van der Waals surface area (Å²) in [6.07, 6.45) is 1.75. The molecule has 0 saturated heterocycles. The van der Waals surface area contributed by atoms with E-state index in [1.165, 1.54) is 0 Å². The van der Waals surface area contributed by atoms with Crippen LogP contribution in [0, 0.1) is 0 Å². The molecule has 2 rings (SSSR count). The van der Waals surface area contributed by atoms with E-state index in [0.29, 0.717) is 5.57 Å². The van der Waals surface area contributed by atoms with Crippen LogP contribution in [0.1, 0.15) is 12.5 Å². The summed E-state index contributed by atoms with van der Waals surface area (Å²) in [7, 11) is 0. The van der Waals surface area contributed by atoms with Crippen molar-refractivity contribution in [3.63, 3.8) is 0 Å². The second-order valence-electron chi connectivity index (χ2n) is 3.94. The van der Waals surface area contributed by atoms with E-state index in [9.17, 15) is 9.90 Å². The van der Waals surface area contributed by atoms with Crippen LogP contribution in [-0.2, 0) is 4.79 Å². The number of carbonyl (C=O) groups is 1. The van der Waals surface area contributed by atoms with Gasteiger partial charge in [-0.3, -0.25) is 4.79 Å². The van der Waals surface area contributed by atoms with Crippen LogP contribution in [0.4, 0.5) is 0 Å². The van der Waals surface area contributed by atoms with Gasteiger partial charge in [-0.25, -0.2) is 0 Å². The van der Waals surface area contributed by atoms with E-state index in [-0.39, 0.29) is 5.75 Å². The fourth-order valence-corrected chi connectivity index (χ4v) is 1.73. The Morgan fingerprint density at radius 1 is 1.29 bits per heavy atom. The number of hydrogen-bond acceptors (Lipinski definition) is 2. The van der Waals surface area contributed by atoms with Crippen LogP contribution in [-0.4, -0.2) is 11.0 Å². The lowest BCUT2D eigenvalue weighted by atomic mass is 10.0. The highest BCUT2D eigenvalue weighted by atomic mass is 16.3. The van der Waals surface area contributed by atoms with Gasteiger partial charge in [0.1, 0.15) is 5.75 Å². The van der Waals surface area contributed by atoms with Gasteiger partial charge in [0.2, 0.25) is 5.91 Å². The number of primary amides is 1. The normalized spacial score (nSPS) is 11.7. The van der Waals surface area contributed by atoms with Gasteiger partial charge in [0.15, 0.2) is 0 Å². The summed E-state index contributed by atoms with van der Waals surface area (Å²) in [4.78, 5) is 11.0. The number of phenols is 1. The van der Waals surface area contributed by atoms with E-state index in [1.54, 1.807) is 25.1 Å². The average molecular weight is 227 g/mol. The topological polar surface area (TPSA) is 63.3 Å². The molecule has 3 nitrogen and oxygen atoms in total. The van der Waals surface area contributed by atoms with Crippen LogP contribution < -0.4 is 5.73 Å². The van der Waals surface area contributed by atoms with Crippen molar-refractivity contribution in [3.8, 4) is 5.75 Å². The van der Waals surface area contributed by atoms with Crippen molar-refractivity contribution in [3.05, 3.63) is 47.5 Å². The monoisotopic (exact) mass is 227 g/mol. The Labute approximate surface area is 99.2 Å². The highest BCUT2D eigenvalue weighted by Crippen LogP contribution is 2.24. The van der Waals surface area contributed by atoms with Crippen molar-refractivity contribution in [2.24, 2.45) is 5.73 Å². The maximum atomic E-state index is 11.0. The van der Waals surface area contributed by atoms with Gasteiger partial charge in [0, 0.05) is 5.57 Å². The van der Waals surface area contributed by atoms with Crippen LogP contribution in [0.25, 0.3) is 16.8 Å². The molecule has 0 heterocycles. The van der Waals surface area contributed by atoms with E-state index in [4.69, 9.17) is 5.73 Å². The van der Waals surface area contributed by atoms with Crippen molar-refractivity contribution in [2.75, 3.05) is 0 Å². The molecule has 86 valence electrons. The second kappa shape index (κ2) is 4.29. The molecular weight excluding hydrogens is 214 g/mol. The molecule has 0 aliphatic carbocycles. The number of carbonyl (C=O) groups excluding carboxylic acids is 1. The number of benzene rings is 2. The minimum absolute atomic E-state index is 0.227. The zero-order chi connectivity index (χ0) is 12.4. The molecule has 0 aliphatic heterocycles. The number of hydrogen-bond donors (Lipinski definition) is 2. The van der Waals surface area contributed by atoms with Crippen molar-refractivity contribution < 1.29 is 9.90 Å². The Hall–Kier alpha value is -2.29. The summed E-state index contributed by atoms with van der Waals surface area (Å²) in [6, 6.07) is 10.8. The molecule has 3 N–H and O–H groups in total. The summed E-state index contributed by atoms with van der Waals surface area (Å²) >= 11 is 0. The summed E-state index contributed by atoms with van der Waals surface area (Å²) in [6.45, 7) is 1.68. The first-order chi connectivity index (χ1) is 8.08. The molecule has 3 heteroatoms. The van der Waals surface area contributed by atoms with E-state index < -0.39 is 5.91 Å². The third kappa shape index (κ3) is 2.28. The van der Waals surface area contributed by atoms with E-state index in [2.05, 4.69) is 0 Å². The van der Waals surface area contributed by atoms with Gasteiger partial charge in [-0.05, 0) is 41.5 Å². The fraction of sp³-hybridized carbons (Fsp3) is 0.0714. The van der Waals surface area contributed by atoms with Gasteiger partial charge in [-0.1, -0.05) is 24.3 Å². The first-order valence-corrected chi connectivity index (χ1v) is 5.28. The molecule has 0 bridgehead atoms. The van der Waals surface area contributed by atoms with Gasteiger partial charge in [-0.15, -0.1) is 0 Å². The van der Waals surface area contributed by atoms with Crippen molar-refractivity contribution in [1.82, 2.24) is 0 Å². The van der Waals surface area contributed by atoms with Crippen LogP contribution in [0.3, 0.4) is 0 Å². The molecule has 0 saturated carbocycles. The summed E-state index contributed by atoms with van der Waals surface area (Å²) in [5.74, 6) is -0.203. The maximum Gasteiger partial charge on any atom is 0.244 e. The van der Waals surface area contributed by atoms with Crippen molar-refractivity contribution in [2.45, 2.75) is 6.92 Å². The van der Waals surface area contributed by atoms with Crippen LogP contribution in [0.15, 0.2) is 42.0 Å². The Bertz CT molecular complexity index is 615. The van der Waals surface area contributed by atoms with Crippen molar-refractivity contribution >= 4 is 22.8 Å². The first kappa shape index (κ1) is 11.2. The quantitative estimate of drug-likeness (QED) is 0.774. The van der Waals surface area contributed by atoms with Crippen LogP contribution >= 0.6 is 0 Å². The number of amides is 1. The Balaban J connectivity index is 2.63. The summed E-state index contributed by atoms with van der Waals surface area (Å²) < 4.78 is 0.